The molecule has 2 saturated heterocycles. The van der Waals surface area contributed by atoms with Crippen molar-refractivity contribution in [3.8, 4) is 45.6 Å². The van der Waals surface area contributed by atoms with E-state index in [0.717, 1.165) is 32.0 Å². The number of phenols is 1. The number of nitrogens with one attached hydrogen (secondary N) is 6. The van der Waals surface area contributed by atoms with Gasteiger partial charge in [-0.25, -0.2) is 4.79 Å². The summed E-state index contributed by atoms with van der Waals surface area (Å²) in [5.41, 5.74) is 25.5. The molecule has 8 bridgehead atoms. The van der Waals surface area contributed by atoms with E-state index in [9.17, 15) is 63.6 Å². The predicted octanol–water partition coefficient (Wildman–Crippen LogP) is 5.61. The van der Waals surface area contributed by atoms with Crippen LogP contribution in [0.4, 0.5) is 4.79 Å². The first-order valence-electron chi connectivity index (χ1n) is 38.6. The van der Waals surface area contributed by atoms with Crippen LogP contribution in [0.3, 0.4) is 0 Å². The first-order valence-corrected chi connectivity index (χ1v) is 38.6. The van der Waals surface area contributed by atoms with E-state index >= 15 is 4.79 Å². The minimum Gasteiger partial charge on any atom is -0.508 e. The highest BCUT2D eigenvalue weighted by Gasteiger charge is 2.51. The van der Waals surface area contributed by atoms with Crippen molar-refractivity contribution < 1.29 is 96.8 Å². The molecule has 10 amide bonds. The third-order valence-electron chi connectivity index (χ3n) is 23.2. The number of methoxy groups -OCH3 is 1. The number of hydrogen-bond acceptors (Lipinski definition) is 21. The molecule has 18 N–H and O–H groups in total. The number of aryl methyl sites for hydroxylation is 1. The van der Waals surface area contributed by atoms with Gasteiger partial charge in [-0.15, -0.1) is 0 Å². The van der Waals surface area contributed by atoms with E-state index in [1.165, 1.54) is 49.9 Å². The van der Waals surface area contributed by atoms with Gasteiger partial charge in [0.2, 0.25) is 65.1 Å². The molecule has 5 aromatic carbocycles. The second kappa shape index (κ2) is 34.5. The van der Waals surface area contributed by atoms with Gasteiger partial charge in [-0.1, -0.05) is 70.2 Å². The molecule has 30 nitrogen and oxygen atoms in total. The minimum atomic E-state index is -2.65. The molecule has 4 heterocycles. The lowest BCUT2D eigenvalue weighted by atomic mass is 9.54. The van der Waals surface area contributed by atoms with Gasteiger partial charge in [0.1, 0.15) is 47.7 Å². The zero-order valence-corrected chi connectivity index (χ0v) is 63.4. The van der Waals surface area contributed by atoms with Crippen molar-refractivity contribution in [2.75, 3.05) is 13.7 Å². The summed E-state index contributed by atoms with van der Waals surface area (Å²) in [5.74, 6) is -11.3. The van der Waals surface area contributed by atoms with Crippen LogP contribution < -0.4 is 69.0 Å². The van der Waals surface area contributed by atoms with Gasteiger partial charge in [-0.2, -0.15) is 0 Å². The maximum atomic E-state index is 15.2. The Balaban J connectivity index is 0.880. The van der Waals surface area contributed by atoms with Crippen molar-refractivity contribution in [3.05, 3.63) is 130 Å². The van der Waals surface area contributed by atoms with Gasteiger partial charge in [-0.3, -0.25) is 43.7 Å². The van der Waals surface area contributed by atoms with Crippen molar-refractivity contribution in [2.24, 2.45) is 64.4 Å². The lowest BCUT2D eigenvalue weighted by molar-refractivity contribution is -0.273. The van der Waals surface area contributed by atoms with E-state index in [0.29, 0.717) is 54.2 Å². The first-order chi connectivity index (χ1) is 53.3. The molecule has 4 aliphatic heterocycles. The second-order valence-corrected chi connectivity index (χ2v) is 31.9. The fraction of sp³-hybridized carbons (Fsp3) is 0.512. The van der Waals surface area contributed by atoms with Crippen LogP contribution in [-0.4, -0.2) is 142 Å². The Hall–Kier alpha value is -10.1. The van der Waals surface area contributed by atoms with Crippen molar-refractivity contribution in [3.63, 3.8) is 0 Å². The molecule has 5 aliphatic carbocycles. The Morgan fingerprint density at radius 3 is 2.13 bits per heavy atom. The van der Waals surface area contributed by atoms with Crippen LogP contribution in [0.2, 0.25) is 0 Å². The van der Waals surface area contributed by atoms with E-state index in [4.69, 9.17) is 51.4 Å². The maximum absolute atomic E-state index is 15.2. The number of rotatable bonds is 27. The number of imide groups is 1. The molecule has 14 rings (SSSR count). The molecule has 12 atom stereocenters. The molecule has 0 radical (unpaired) electrons. The van der Waals surface area contributed by atoms with Gasteiger partial charge in [0, 0.05) is 68.3 Å². The van der Waals surface area contributed by atoms with Gasteiger partial charge < -0.3 is 103 Å². The van der Waals surface area contributed by atoms with Gasteiger partial charge in [-0.05, 0) is 187 Å². The van der Waals surface area contributed by atoms with E-state index in [-0.39, 0.29) is 143 Å². The summed E-state index contributed by atoms with van der Waals surface area (Å²) in [6.45, 7) is 7.49. The van der Waals surface area contributed by atoms with E-state index < -0.39 is 138 Å². The van der Waals surface area contributed by atoms with E-state index in [1.54, 1.807) is 61.5 Å². The SMILES string of the molecule is CCC1OC(O)(CCC2CC(COC)OC(Oc3c(Oc4ccc(CCC(=O)NC(C(=O)NC5C6CC7CC(C6)CC5C7)c5cc(O)cc6c5-c5cc(CC(N)=O)ccc5C6(O)O)cc4)cc4cc3Oc3ccc(cc3)C(C)C(NC(=O)CCC(C)C)C(=O)NC(CC(=O)NC(N)=O)C(=O)NC4C(N)=O)C2)CC(N)C1C=O. The number of ether oxygens (including phenoxy) is 6. The standard InChI is InChI=1S/C82H102N10O20/c1-6-62-57(38-93)60(83)37-81(104,112-62)22-21-44-28-54(39-107-5)110-69(31-44)111-75-63(32-50-33-64(75)109-53-16-12-47(13-17-53)41(4)71(88-66(96)19-7-40(2)3)78(101)87-61(36-68(98)90-80(86)103)77(100)92-73(50)76(85)99)108-52-14-8-42(9-15-52)11-20-67(97)89-74(79(102)91-72-48-24-45-23-46(26-48)27-49(72)25-45)56-34-51(94)35-59-70(56)55-29-43(30-65(84)95)10-18-58(55)82(59,105)106/h8-10,12-18,29,32-35,38,40-41,44-46,48-49,54,57,60-62,69,71-74,94,104-106H,6-7,11,19-28,30-31,36-37,39,83H2,1-5H3,(H2,84,95)(H2,85,99)(H,87,101)(H,88,96)(H,89,97)(H,91,102)(H,92,100)(H3,86,90,98,103). The van der Waals surface area contributed by atoms with Crippen LogP contribution in [0.25, 0.3) is 11.1 Å². The number of phenolic OH excluding ortho intramolecular Hbond substituents is 1. The fourth-order valence-corrected chi connectivity index (χ4v) is 17.9. The topological polar surface area (TPSA) is 483 Å². The summed E-state index contributed by atoms with van der Waals surface area (Å²) >= 11 is 0. The molecule has 6 fully saturated rings. The van der Waals surface area contributed by atoms with Crippen LogP contribution in [0.5, 0.6) is 34.5 Å². The number of nitrogens with two attached hydrogens (primary N) is 4. The van der Waals surface area contributed by atoms with Crippen molar-refractivity contribution in [2.45, 2.75) is 209 Å². The van der Waals surface area contributed by atoms with E-state index in [1.807, 2.05) is 26.1 Å². The zero-order chi connectivity index (χ0) is 80.2. The molecule has 0 spiro atoms. The minimum absolute atomic E-state index is 0.00854. The van der Waals surface area contributed by atoms with Gasteiger partial charge in [0.15, 0.2) is 17.3 Å². The second-order valence-electron chi connectivity index (χ2n) is 31.9. The molecule has 112 heavy (non-hydrogen) atoms. The Morgan fingerprint density at radius 2 is 1.48 bits per heavy atom. The zero-order valence-electron chi connectivity index (χ0n) is 63.4. The van der Waals surface area contributed by atoms with Crippen LogP contribution in [0.1, 0.15) is 181 Å². The number of hydrogen-bond donors (Lipinski definition) is 14. The average Bonchev–Trinajstić information content (AvgIpc) is 1.55. The number of amides is 10. The monoisotopic (exact) mass is 1550 g/mol. The predicted molar refractivity (Wildman–Crippen MR) is 403 cm³/mol. The van der Waals surface area contributed by atoms with Gasteiger partial charge >= 0.3 is 6.03 Å². The molecule has 9 aliphatic rings. The third-order valence-corrected chi connectivity index (χ3v) is 23.2. The van der Waals surface area contributed by atoms with Crippen molar-refractivity contribution in [1.29, 1.82) is 0 Å². The number of primary amides is 3. The lowest BCUT2D eigenvalue weighted by Gasteiger charge is -2.54. The highest BCUT2D eigenvalue weighted by Crippen LogP contribution is 2.55. The highest BCUT2D eigenvalue weighted by molar-refractivity contribution is 6.00. The number of aromatic hydroxyl groups is 1. The molecule has 600 valence electrons. The number of benzene rings is 5. The summed E-state index contributed by atoms with van der Waals surface area (Å²) < 4.78 is 39.0. The molecule has 0 aromatic heterocycles. The molecule has 5 aromatic rings. The van der Waals surface area contributed by atoms with Crippen molar-refractivity contribution in [1.82, 2.24) is 31.9 Å². The summed E-state index contributed by atoms with van der Waals surface area (Å²) in [7, 11) is 1.52. The number of carbonyl (C=O) groups excluding carboxylic acids is 10. The first kappa shape index (κ1) is 81.4. The van der Waals surface area contributed by atoms with Crippen LogP contribution in [0, 0.1) is 41.4 Å². The summed E-state index contributed by atoms with van der Waals surface area (Å²) in [6.07, 6.45) is 4.38. The lowest BCUT2D eigenvalue weighted by Crippen LogP contribution is -2.57. The summed E-state index contributed by atoms with van der Waals surface area (Å²) in [5, 5.41) is 62.9. The van der Waals surface area contributed by atoms with Crippen molar-refractivity contribution >= 4 is 59.6 Å². The van der Waals surface area contributed by atoms with Crippen LogP contribution in [-0.2, 0) is 76.0 Å². The summed E-state index contributed by atoms with van der Waals surface area (Å²) in [6, 6.07) is 14.2. The Morgan fingerprint density at radius 1 is 0.777 bits per heavy atom. The number of carbonyl (C=O) groups is 10. The highest BCUT2D eigenvalue weighted by atomic mass is 16.7. The normalized spacial score (nSPS) is 27.8. The molecular weight excluding hydrogens is 1440 g/mol. The largest absolute Gasteiger partial charge is 0.508 e. The number of aliphatic hydroxyl groups is 3. The van der Waals surface area contributed by atoms with E-state index in [2.05, 4.69) is 26.6 Å². The molecule has 4 saturated carbocycles. The van der Waals surface area contributed by atoms with Gasteiger partial charge in [0.05, 0.1) is 37.6 Å². The Labute approximate surface area is 648 Å². The quantitative estimate of drug-likeness (QED) is 0.0224. The maximum Gasteiger partial charge on any atom is 0.318 e. The molecule has 12 unspecified atom stereocenters. The summed E-state index contributed by atoms with van der Waals surface area (Å²) in [4.78, 5) is 137. The third kappa shape index (κ3) is 18.8. The number of fused-ring (bicyclic) bond motifs is 12. The average molecular weight is 1550 g/mol. The van der Waals surface area contributed by atoms with Crippen LogP contribution >= 0.6 is 0 Å². The molecule has 30 heteroatoms. The smallest absolute Gasteiger partial charge is 0.318 e. The Bertz CT molecular complexity index is 4360. The molecular formula is C82H102N10O20. The fourth-order valence-electron chi connectivity index (χ4n) is 17.9. The number of aldehydes is 1. The van der Waals surface area contributed by atoms with Crippen LogP contribution in [0.15, 0.2) is 91.0 Å². The Kier molecular flexibility index (Phi) is 25.1. The number of urea groups is 1. The van der Waals surface area contributed by atoms with Gasteiger partial charge in [0.25, 0.3) is 0 Å².